The molecule has 9 nitrogen and oxygen atoms in total. The van der Waals surface area contributed by atoms with Crippen LogP contribution in [0, 0.1) is 0 Å². The number of aromatic nitrogens is 2. The van der Waals surface area contributed by atoms with Crippen molar-refractivity contribution in [1.82, 2.24) is 24.7 Å². The molecule has 1 aromatic heterocycles. The molecule has 3 fully saturated rings. The number of H-pyrrole nitrogens is 1. The molecule has 2 unspecified atom stereocenters. The Morgan fingerprint density at radius 3 is 2.54 bits per heavy atom. The smallest absolute Gasteiger partial charge is 0.416 e. The molecule has 3 saturated heterocycles. The molecule has 218 valence electrons. The number of benzene rings is 2. The maximum Gasteiger partial charge on any atom is 0.416 e. The minimum absolute atomic E-state index is 0.00403. The second-order valence-corrected chi connectivity index (χ2v) is 11.6. The number of likely N-dealkylation sites (tertiary alicyclic amines) is 1. The van der Waals surface area contributed by atoms with E-state index in [-0.39, 0.29) is 18.6 Å². The lowest BCUT2D eigenvalue weighted by atomic mass is 10.1. The van der Waals surface area contributed by atoms with E-state index in [2.05, 4.69) is 14.9 Å². The number of thioether (sulfide) groups is 1. The van der Waals surface area contributed by atoms with Gasteiger partial charge in [-0.25, -0.2) is 9.78 Å². The van der Waals surface area contributed by atoms with Gasteiger partial charge >= 0.3 is 12.3 Å². The summed E-state index contributed by atoms with van der Waals surface area (Å²) in [6.07, 6.45) is -4.37. The highest BCUT2D eigenvalue weighted by molar-refractivity contribution is 7.99. The third-order valence-corrected chi connectivity index (χ3v) is 8.96. The highest BCUT2D eigenvalue weighted by Gasteiger charge is 2.45. The first-order valence-electron chi connectivity index (χ1n) is 13.7. The summed E-state index contributed by atoms with van der Waals surface area (Å²) in [7, 11) is 0. The number of carbonyl (C=O) groups excluding carboxylic acids is 2. The van der Waals surface area contributed by atoms with Crippen LogP contribution in [0.4, 0.5) is 23.9 Å². The van der Waals surface area contributed by atoms with Crippen molar-refractivity contribution in [1.29, 1.82) is 0 Å². The minimum atomic E-state index is -4.42. The van der Waals surface area contributed by atoms with Gasteiger partial charge in [0.15, 0.2) is 0 Å². The fraction of sp³-hybridized carbons (Fsp3) is 0.464. The van der Waals surface area contributed by atoms with Crippen molar-refractivity contribution in [2.45, 2.75) is 31.3 Å². The van der Waals surface area contributed by atoms with Gasteiger partial charge in [0, 0.05) is 51.1 Å². The second kappa shape index (κ2) is 11.4. The summed E-state index contributed by atoms with van der Waals surface area (Å²) < 4.78 is 45.0. The number of halogens is 3. The summed E-state index contributed by atoms with van der Waals surface area (Å²) in [5.41, 5.74) is 0.998. The fourth-order valence-electron chi connectivity index (χ4n) is 5.74. The van der Waals surface area contributed by atoms with Crippen LogP contribution >= 0.6 is 11.8 Å². The molecular weight excluding hydrogens is 557 g/mol. The van der Waals surface area contributed by atoms with E-state index in [0.717, 1.165) is 23.4 Å². The Bertz CT molecular complexity index is 1390. The highest BCUT2D eigenvalue weighted by Crippen LogP contribution is 2.32. The van der Waals surface area contributed by atoms with E-state index in [1.54, 1.807) is 16.7 Å². The van der Waals surface area contributed by atoms with E-state index < -0.39 is 23.9 Å². The molecule has 6 rings (SSSR count). The van der Waals surface area contributed by atoms with E-state index in [1.165, 1.54) is 6.07 Å². The molecule has 2 aromatic carbocycles. The Kier molecular flexibility index (Phi) is 7.73. The average Bonchev–Trinajstić information content (AvgIpc) is 3.75. The Morgan fingerprint density at radius 1 is 1.05 bits per heavy atom. The lowest BCUT2D eigenvalue weighted by Gasteiger charge is -2.37. The second-order valence-electron chi connectivity index (χ2n) is 10.6. The molecule has 4 heterocycles. The largest absolute Gasteiger partial charge is 0.445 e. The molecule has 0 aliphatic carbocycles. The quantitative estimate of drug-likeness (QED) is 0.482. The van der Waals surface area contributed by atoms with Gasteiger partial charge in [-0.05, 0) is 30.2 Å². The third kappa shape index (κ3) is 5.96. The van der Waals surface area contributed by atoms with Crippen molar-refractivity contribution < 1.29 is 27.5 Å². The van der Waals surface area contributed by atoms with Crippen LogP contribution in [0.15, 0.2) is 48.5 Å². The lowest BCUT2D eigenvalue weighted by molar-refractivity contribution is -0.137. The Labute approximate surface area is 239 Å². The number of aromatic amines is 1. The molecule has 0 spiro atoms. The number of hydrogen-bond donors (Lipinski definition) is 1. The van der Waals surface area contributed by atoms with Crippen molar-refractivity contribution in [2.75, 3.05) is 55.8 Å². The Balaban J connectivity index is 1.11. The summed E-state index contributed by atoms with van der Waals surface area (Å²) >= 11 is 1.71. The number of nitrogens with one attached hydrogen (secondary N) is 1. The maximum absolute atomic E-state index is 13.4. The van der Waals surface area contributed by atoms with E-state index >= 15 is 0 Å². The molecule has 13 heteroatoms. The van der Waals surface area contributed by atoms with Crippen LogP contribution in [0.3, 0.4) is 0 Å². The van der Waals surface area contributed by atoms with Crippen molar-refractivity contribution in [3.8, 4) is 0 Å². The molecule has 41 heavy (non-hydrogen) atoms. The summed E-state index contributed by atoms with van der Waals surface area (Å²) in [4.78, 5) is 41.9. The first-order valence-corrected chi connectivity index (χ1v) is 14.8. The predicted molar refractivity (Wildman–Crippen MR) is 149 cm³/mol. The molecule has 2 atom stereocenters. The Morgan fingerprint density at radius 2 is 1.83 bits per heavy atom. The number of imidazole rings is 1. The predicted octanol–water partition coefficient (Wildman–Crippen LogP) is 4.02. The topological polar surface area (TPSA) is 85.0 Å². The summed E-state index contributed by atoms with van der Waals surface area (Å²) in [6, 6.07) is 12.4. The zero-order chi connectivity index (χ0) is 28.6. The zero-order valence-electron chi connectivity index (χ0n) is 22.3. The monoisotopic (exact) mass is 588 g/mol. The number of fused-ring (bicyclic) bond motifs is 1. The number of rotatable bonds is 5. The molecule has 2 amide bonds. The van der Waals surface area contributed by atoms with Gasteiger partial charge in [-0.1, -0.05) is 30.3 Å². The van der Waals surface area contributed by atoms with Crippen LogP contribution in [-0.4, -0.2) is 99.6 Å². The van der Waals surface area contributed by atoms with Gasteiger partial charge in [0.25, 0.3) is 0 Å². The van der Waals surface area contributed by atoms with Crippen molar-refractivity contribution in [3.63, 3.8) is 0 Å². The van der Waals surface area contributed by atoms with Crippen LogP contribution in [0.1, 0.15) is 17.5 Å². The van der Waals surface area contributed by atoms with E-state index in [4.69, 9.17) is 4.74 Å². The minimum Gasteiger partial charge on any atom is -0.445 e. The van der Waals surface area contributed by atoms with E-state index in [9.17, 15) is 22.8 Å². The van der Waals surface area contributed by atoms with Gasteiger partial charge in [-0.3, -0.25) is 14.6 Å². The molecule has 0 radical (unpaired) electrons. The molecule has 1 N–H and O–H groups in total. The van der Waals surface area contributed by atoms with Gasteiger partial charge in [-0.15, -0.1) is 11.8 Å². The van der Waals surface area contributed by atoms with Gasteiger partial charge in [0.1, 0.15) is 12.6 Å². The van der Waals surface area contributed by atoms with Crippen LogP contribution in [0.2, 0.25) is 0 Å². The highest BCUT2D eigenvalue weighted by atomic mass is 32.2. The van der Waals surface area contributed by atoms with Crippen molar-refractivity contribution in [3.05, 3.63) is 59.7 Å². The SMILES string of the molecule is O=C(C1CC(N2CCN(c3nc4ccc(C(F)(F)F)cc4[nH]3)CC2)CN1C(=O)OCc1ccccc1)N1CCSC1. The summed E-state index contributed by atoms with van der Waals surface area (Å²) in [6.45, 7) is 3.78. The average molecular weight is 589 g/mol. The van der Waals surface area contributed by atoms with E-state index in [0.29, 0.717) is 68.5 Å². The number of amides is 2. The third-order valence-electron chi connectivity index (χ3n) is 7.99. The van der Waals surface area contributed by atoms with Gasteiger partial charge in [0.2, 0.25) is 11.9 Å². The molecule has 0 saturated carbocycles. The van der Waals surface area contributed by atoms with Gasteiger partial charge in [-0.2, -0.15) is 13.2 Å². The molecule has 0 bridgehead atoms. The molecule has 3 aliphatic heterocycles. The normalized spacial score (nSPS) is 22.1. The van der Waals surface area contributed by atoms with Crippen LogP contribution in [0.25, 0.3) is 11.0 Å². The van der Waals surface area contributed by atoms with E-state index in [1.807, 2.05) is 40.1 Å². The number of alkyl halides is 3. The number of carbonyl (C=O) groups is 2. The van der Waals surface area contributed by atoms with Gasteiger partial charge < -0.3 is 19.5 Å². The fourth-order valence-corrected chi connectivity index (χ4v) is 6.69. The number of nitrogens with zero attached hydrogens (tertiary/aromatic N) is 5. The number of piperazine rings is 1. The van der Waals surface area contributed by atoms with Crippen LogP contribution in [0.5, 0.6) is 0 Å². The van der Waals surface area contributed by atoms with Crippen LogP contribution < -0.4 is 4.90 Å². The first-order chi connectivity index (χ1) is 19.8. The van der Waals surface area contributed by atoms with Crippen LogP contribution in [-0.2, 0) is 22.3 Å². The molecule has 3 aromatic rings. The lowest BCUT2D eigenvalue weighted by Crippen LogP contribution is -2.51. The number of hydrogen-bond acceptors (Lipinski definition) is 7. The Hall–Kier alpha value is -3.45. The summed E-state index contributed by atoms with van der Waals surface area (Å²) in [5, 5.41) is 0. The summed E-state index contributed by atoms with van der Waals surface area (Å²) in [5.74, 6) is 2.03. The van der Waals surface area contributed by atoms with Gasteiger partial charge in [0.05, 0.1) is 22.5 Å². The van der Waals surface area contributed by atoms with Crippen molar-refractivity contribution in [2.24, 2.45) is 0 Å². The molecule has 3 aliphatic rings. The number of anilines is 1. The number of ether oxygens (including phenoxy) is 1. The maximum atomic E-state index is 13.4. The molecular formula is C28H31F3N6O3S. The van der Waals surface area contributed by atoms with Crippen molar-refractivity contribution >= 4 is 40.7 Å². The standard InChI is InChI=1S/C28H31F3N6O3S/c29-28(30,31)20-6-7-22-23(14-20)33-26(32-22)35-10-8-34(9-11-35)21-15-24(25(38)36-12-13-41-18-36)37(16-21)27(39)40-17-19-4-2-1-3-5-19/h1-7,14,21,24H,8-13,15-18H2,(H,32,33). The zero-order valence-corrected chi connectivity index (χ0v) is 23.2. The first kappa shape index (κ1) is 27.7.